The number of benzene rings is 3. The van der Waals surface area contributed by atoms with Crippen molar-refractivity contribution in [1.29, 1.82) is 0 Å². The van der Waals surface area contributed by atoms with Crippen LogP contribution in [0.2, 0.25) is 0 Å². The topological polar surface area (TPSA) is 40.5 Å². The van der Waals surface area contributed by atoms with Gasteiger partial charge in [-0.05, 0) is 43.5 Å². The number of hydrogen-bond donors (Lipinski definition) is 2. The van der Waals surface area contributed by atoms with E-state index in [2.05, 4.69) is 70.5 Å². The maximum atomic E-state index is 7.00. The Morgan fingerprint density at radius 3 is 1.61 bits per heavy atom. The molecule has 0 unspecified atom stereocenters. The minimum atomic E-state index is 0. The van der Waals surface area contributed by atoms with Crippen LogP contribution in [0.3, 0.4) is 0 Å². The summed E-state index contributed by atoms with van der Waals surface area (Å²) >= 11 is 3.68. The van der Waals surface area contributed by atoms with E-state index < -0.39 is 0 Å². The van der Waals surface area contributed by atoms with E-state index in [1.54, 1.807) is 0 Å². The van der Waals surface area contributed by atoms with E-state index >= 15 is 0 Å². The van der Waals surface area contributed by atoms with E-state index in [1.165, 1.54) is 26.0 Å². The van der Waals surface area contributed by atoms with E-state index in [1.807, 2.05) is 0 Å². The summed E-state index contributed by atoms with van der Waals surface area (Å²) < 4.78 is 1.19. The van der Waals surface area contributed by atoms with Gasteiger partial charge in [0.15, 0.2) is 0 Å². The molecule has 18 heavy (non-hydrogen) atoms. The Kier molecular flexibility index (Phi) is 4.36. The van der Waals surface area contributed by atoms with Gasteiger partial charge in [-0.1, -0.05) is 48.5 Å². The van der Waals surface area contributed by atoms with Crippen LogP contribution in [-0.4, -0.2) is 17.7 Å². The Balaban J connectivity index is 0.000000367. The lowest BCUT2D eigenvalue weighted by atomic mass is 10.0. The Labute approximate surface area is 114 Å². The minimum Gasteiger partial charge on any atom is -0.429 e. The molecule has 0 atom stereocenters. The molecule has 3 rings (SSSR count). The molecule has 89 valence electrons. The minimum absolute atomic E-state index is 0. The lowest BCUT2D eigenvalue weighted by Gasteiger charge is -2.05. The van der Waals surface area contributed by atoms with Crippen LogP contribution in [0.1, 0.15) is 0 Å². The van der Waals surface area contributed by atoms with E-state index in [-0.39, 0.29) is 7.69 Å². The molecule has 0 fully saturated rings. The fraction of sp³-hybridized carbons (Fsp3) is 0. The monoisotopic (exact) mass is 301 g/mol. The lowest BCUT2D eigenvalue weighted by Crippen LogP contribution is -1.78. The van der Waals surface area contributed by atoms with Crippen LogP contribution in [0.5, 0.6) is 0 Å². The molecule has 1 radical (unpaired) electrons. The summed E-state index contributed by atoms with van der Waals surface area (Å²) in [6.07, 6.45) is 0. The van der Waals surface area contributed by atoms with Crippen molar-refractivity contribution < 1.29 is 10.0 Å². The van der Waals surface area contributed by atoms with Gasteiger partial charge in [0, 0.05) is 4.47 Å². The van der Waals surface area contributed by atoms with Gasteiger partial charge < -0.3 is 10.0 Å². The summed E-state index contributed by atoms with van der Waals surface area (Å²) in [6, 6.07) is 19.1. The molecular formula is C14H11BBrO2. The molecule has 0 aliphatic carbocycles. The van der Waals surface area contributed by atoms with E-state index in [9.17, 15) is 0 Å². The molecular weight excluding hydrogens is 291 g/mol. The second-order valence-corrected chi connectivity index (χ2v) is 4.54. The van der Waals surface area contributed by atoms with Gasteiger partial charge in [-0.25, -0.2) is 0 Å². The summed E-state index contributed by atoms with van der Waals surface area (Å²) in [4.78, 5) is 0. The molecule has 3 aromatic carbocycles. The number of hydrogen-bond acceptors (Lipinski definition) is 2. The summed E-state index contributed by atoms with van der Waals surface area (Å²) in [5, 5.41) is 19.1. The van der Waals surface area contributed by atoms with Gasteiger partial charge in [-0.3, -0.25) is 0 Å². The normalized spacial score (nSPS) is 9.94. The smallest absolute Gasteiger partial charge is 0.429 e. The molecule has 2 nitrogen and oxygen atoms in total. The maximum Gasteiger partial charge on any atom is 0.482 e. The second-order valence-electron chi connectivity index (χ2n) is 3.75. The van der Waals surface area contributed by atoms with Gasteiger partial charge in [0.05, 0.1) is 0 Å². The summed E-state index contributed by atoms with van der Waals surface area (Å²) in [5.41, 5.74) is 0. The van der Waals surface area contributed by atoms with Crippen LogP contribution in [0, 0.1) is 0 Å². The Bertz CT molecular complexity index is 616. The predicted molar refractivity (Wildman–Crippen MR) is 79.3 cm³/mol. The van der Waals surface area contributed by atoms with Gasteiger partial charge >= 0.3 is 7.69 Å². The van der Waals surface area contributed by atoms with Crippen LogP contribution in [-0.2, 0) is 0 Å². The molecule has 0 amide bonds. The first-order valence-corrected chi connectivity index (χ1v) is 6.23. The van der Waals surface area contributed by atoms with Crippen LogP contribution in [0.25, 0.3) is 21.5 Å². The Hall–Kier alpha value is -1.36. The molecule has 0 spiro atoms. The third-order valence-electron chi connectivity index (χ3n) is 2.71. The highest BCUT2D eigenvalue weighted by Gasteiger charge is 2.03. The van der Waals surface area contributed by atoms with Crippen LogP contribution in [0.4, 0.5) is 0 Å². The van der Waals surface area contributed by atoms with Crippen molar-refractivity contribution in [3.8, 4) is 0 Å². The molecule has 0 aromatic heterocycles. The van der Waals surface area contributed by atoms with E-state index in [4.69, 9.17) is 10.0 Å². The standard InChI is InChI=1S/C14H9Br.BH2O2/c15-14-12-7-3-1-5-10(12)9-11-6-2-4-8-13(11)14;2-1-3/h1-9H;2-3H. The first kappa shape index (κ1) is 13.1. The Morgan fingerprint density at radius 2 is 1.17 bits per heavy atom. The average molecular weight is 302 g/mol. The highest BCUT2D eigenvalue weighted by molar-refractivity contribution is 9.10. The summed E-state index contributed by atoms with van der Waals surface area (Å²) in [7, 11) is 0. The Morgan fingerprint density at radius 1 is 0.778 bits per heavy atom. The van der Waals surface area contributed by atoms with E-state index in [0.717, 1.165) is 0 Å². The first-order chi connectivity index (χ1) is 8.77. The largest absolute Gasteiger partial charge is 0.482 e. The second kappa shape index (κ2) is 6.00. The van der Waals surface area contributed by atoms with Gasteiger partial charge in [-0.2, -0.15) is 0 Å². The molecule has 3 aromatic rings. The van der Waals surface area contributed by atoms with Crippen LogP contribution >= 0.6 is 15.9 Å². The molecule has 0 saturated heterocycles. The van der Waals surface area contributed by atoms with Gasteiger partial charge in [-0.15, -0.1) is 0 Å². The SMILES string of the molecule is Brc1c2ccccc2cc2ccccc12.O[B]O. The molecule has 2 N–H and O–H groups in total. The maximum absolute atomic E-state index is 7.00. The van der Waals surface area contributed by atoms with Gasteiger partial charge in [0.1, 0.15) is 0 Å². The zero-order valence-corrected chi connectivity index (χ0v) is 11.1. The lowest BCUT2D eigenvalue weighted by molar-refractivity contribution is 0.448. The van der Waals surface area contributed by atoms with Crippen molar-refractivity contribution in [2.24, 2.45) is 0 Å². The highest BCUT2D eigenvalue weighted by Crippen LogP contribution is 2.32. The van der Waals surface area contributed by atoms with Crippen molar-refractivity contribution in [1.82, 2.24) is 0 Å². The molecule has 0 aliphatic heterocycles. The van der Waals surface area contributed by atoms with Crippen LogP contribution < -0.4 is 0 Å². The predicted octanol–water partition coefficient (Wildman–Crippen LogP) is 3.26. The summed E-state index contributed by atoms with van der Waals surface area (Å²) in [5.74, 6) is 0. The highest BCUT2D eigenvalue weighted by atomic mass is 79.9. The molecule has 0 heterocycles. The fourth-order valence-electron chi connectivity index (χ4n) is 1.96. The number of rotatable bonds is 0. The van der Waals surface area contributed by atoms with Crippen molar-refractivity contribution in [2.75, 3.05) is 0 Å². The fourth-order valence-corrected chi connectivity index (χ4v) is 2.68. The number of fused-ring (bicyclic) bond motifs is 2. The number of halogens is 1. The molecule has 4 heteroatoms. The molecule has 0 aliphatic rings. The van der Waals surface area contributed by atoms with Gasteiger partial charge in [0.25, 0.3) is 0 Å². The van der Waals surface area contributed by atoms with Crippen LogP contribution in [0.15, 0.2) is 59.1 Å². The molecule has 0 saturated carbocycles. The van der Waals surface area contributed by atoms with Crippen molar-refractivity contribution in [2.45, 2.75) is 0 Å². The van der Waals surface area contributed by atoms with Crippen molar-refractivity contribution in [3.05, 3.63) is 59.1 Å². The van der Waals surface area contributed by atoms with Crippen molar-refractivity contribution in [3.63, 3.8) is 0 Å². The summed E-state index contributed by atoms with van der Waals surface area (Å²) in [6.45, 7) is 0. The van der Waals surface area contributed by atoms with Crippen molar-refractivity contribution >= 4 is 45.2 Å². The third-order valence-corrected chi connectivity index (χ3v) is 3.56. The van der Waals surface area contributed by atoms with Gasteiger partial charge in [0.2, 0.25) is 0 Å². The zero-order valence-electron chi connectivity index (χ0n) is 9.55. The third kappa shape index (κ3) is 2.56. The zero-order chi connectivity index (χ0) is 13.0. The van der Waals surface area contributed by atoms with E-state index in [0.29, 0.717) is 0 Å². The first-order valence-electron chi connectivity index (χ1n) is 5.44. The molecule has 0 bridgehead atoms. The quantitative estimate of drug-likeness (QED) is 0.494. The average Bonchev–Trinajstić information content (AvgIpc) is 2.40.